The summed E-state index contributed by atoms with van der Waals surface area (Å²) in [5.41, 5.74) is 1.64. The minimum absolute atomic E-state index is 0.0953. The molecule has 0 radical (unpaired) electrons. The molecule has 0 unspecified atom stereocenters. The summed E-state index contributed by atoms with van der Waals surface area (Å²) < 4.78 is 0. The number of rotatable bonds is 3. The maximum Gasteiger partial charge on any atom is 0.227 e. The van der Waals surface area contributed by atoms with Crippen LogP contribution in [0.2, 0.25) is 0 Å². The molecule has 19 heavy (non-hydrogen) atoms. The molecule has 0 bridgehead atoms. The van der Waals surface area contributed by atoms with E-state index in [1.165, 1.54) is 0 Å². The van der Waals surface area contributed by atoms with E-state index in [0.29, 0.717) is 12.1 Å². The monoisotopic (exact) mass is 257 g/mol. The summed E-state index contributed by atoms with van der Waals surface area (Å²) in [6, 6.07) is 9.53. The van der Waals surface area contributed by atoms with Crippen molar-refractivity contribution in [3.05, 3.63) is 35.4 Å². The third kappa shape index (κ3) is 3.55. The fraction of sp³-hybridized carbons (Fsp3) is 0.467. The zero-order valence-corrected chi connectivity index (χ0v) is 11.2. The highest BCUT2D eigenvalue weighted by Gasteiger charge is 2.23. The summed E-state index contributed by atoms with van der Waals surface area (Å²) in [7, 11) is 1.83. The molecule has 4 nitrogen and oxygen atoms in total. The van der Waals surface area contributed by atoms with E-state index in [1.807, 2.05) is 25.2 Å². The van der Waals surface area contributed by atoms with Gasteiger partial charge in [-0.1, -0.05) is 12.1 Å². The molecule has 1 saturated heterocycles. The summed E-state index contributed by atoms with van der Waals surface area (Å²) >= 11 is 0. The molecule has 0 aliphatic carbocycles. The van der Waals surface area contributed by atoms with E-state index in [-0.39, 0.29) is 11.8 Å². The number of nitrogens with one attached hydrogen (secondary N) is 1. The molecule has 1 aliphatic rings. The first-order valence-corrected chi connectivity index (χ1v) is 6.65. The maximum absolute atomic E-state index is 12.3. The molecule has 1 fully saturated rings. The van der Waals surface area contributed by atoms with E-state index >= 15 is 0 Å². The van der Waals surface area contributed by atoms with E-state index in [9.17, 15) is 4.79 Å². The first-order valence-electron chi connectivity index (χ1n) is 6.65. The molecule has 1 aromatic carbocycles. The fourth-order valence-corrected chi connectivity index (χ4v) is 2.47. The van der Waals surface area contributed by atoms with Crippen molar-refractivity contribution in [2.24, 2.45) is 5.92 Å². The van der Waals surface area contributed by atoms with Crippen LogP contribution in [0, 0.1) is 17.2 Å². The van der Waals surface area contributed by atoms with Gasteiger partial charge in [0.25, 0.3) is 0 Å². The number of carbonyl (C=O) groups is 1. The molecule has 0 saturated carbocycles. The van der Waals surface area contributed by atoms with E-state index in [4.69, 9.17) is 5.26 Å². The zero-order chi connectivity index (χ0) is 13.7. The van der Waals surface area contributed by atoms with Gasteiger partial charge in [-0.3, -0.25) is 4.79 Å². The number of hydrogen-bond donors (Lipinski definition) is 1. The summed E-state index contributed by atoms with van der Waals surface area (Å²) in [6.07, 6.45) is 2.03. The molecule has 1 aliphatic heterocycles. The van der Waals surface area contributed by atoms with Crippen molar-refractivity contribution in [2.75, 3.05) is 20.1 Å². The quantitative estimate of drug-likeness (QED) is 0.893. The van der Waals surface area contributed by atoms with Gasteiger partial charge in [-0.2, -0.15) is 5.26 Å². The molecular formula is C15H19N3O. The number of carbonyl (C=O) groups excluding carboxylic acids is 1. The van der Waals surface area contributed by atoms with Crippen molar-refractivity contribution in [1.29, 1.82) is 5.26 Å². The number of piperidine rings is 1. The second-order valence-electron chi connectivity index (χ2n) is 5.05. The van der Waals surface area contributed by atoms with Crippen molar-refractivity contribution < 1.29 is 4.79 Å². The van der Waals surface area contributed by atoms with Gasteiger partial charge < -0.3 is 10.2 Å². The first kappa shape index (κ1) is 13.6. The SMILES string of the molecule is CN(Cc1cccc(C#N)c1)C(=O)[C@H]1CCCNC1. The number of nitriles is 1. The Morgan fingerprint density at radius 3 is 3.11 bits per heavy atom. The highest BCUT2D eigenvalue weighted by Crippen LogP contribution is 2.15. The van der Waals surface area contributed by atoms with Crippen LogP contribution in [0.25, 0.3) is 0 Å². The zero-order valence-electron chi connectivity index (χ0n) is 11.2. The van der Waals surface area contributed by atoms with Gasteiger partial charge in [-0.25, -0.2) is 0 Å². The molecule has 1 atom stereocenters. The van der Waals surface area contributed by atoms with Crippen LogP contribution in [-0.2, 0) is 11.3 Å². The molecular weight excluding hydrogens is 238 g/mol. The number of benzene rings is 1. The Morgan fingerprint density at radius 1 is 1.58 bits per heavy atom. The minimum atomic E-state index is 0.0953. The minimum Gasteiger partial charge on any atom is -0.341 e. The lowest BCUT2D eigenvalue weighted by Crippen LogP contribution is -2.41. The summed E-state index contributed by atoms with van der Waals surface area (Å²) in [6.45, 7) is 2.35. The molecule has 0 aromatic heterocycles. The lowest BCUT2D eigenvalue weighted by molar-refractivity contribution is -0.135. The molecule has 1 heterocycles. The van der Waals surface area contributed by atoms with Crippen LogP contribution in [0.15, 0.2) is 24.3 Å². The van der Waals surface area contributed by atoms with Crippen molar-refractivity contribution in [1.82, 2.24) is 10.2 Å². The number of nitrogens with zero attached hydrogens (tertiary/aromatic N) is 2. The Bertz CT molecular complexity index is 486. The Balaban J connectivity index is 1.97. The molecule has 2 rings (SSSR count). The van der Waals surface area contributed by atoms with Gasteiger partial charge >= 0.3 is 0 Å². The van der Waals surface area contributed by atoms with Crippen LogP contribution in [0.1, 0.15) is 24.0 Å². The molecule has 1 N–H and O–H groups in total. The van der Waals surface area contributed by atoms with Gasteiger partial charge in [0.05, 0.1) is 17.6 Å². The number of amides is 1. The molecule has 100 valence electrons. The van der Waals surface area contributed by atoms with Gasteiger partial charge in [0.2, 0.25) is 5.91 Å². The van der Waals surface area contributed by atoms with Crippen LogP contribution in [0.3, 0.4) is 0 Å². The Kier molecular flexibility index (Phi) is 4.53. The van der Waals surface area contributed by atoms with E-state index in [2.05, 4.69) is 11.4 Å². The van der Waals surface area contributed by atoms with Gasteiger partial charge in [0, 0.05) is 20.1 Å². The third-order valence-electron chi connectivity index (χ3n) is 3.50. The smallest absolute Gasteiger partial charge is 0.227 e. The number of hydrogen-bond acceptors (Lipinski definition) is 3. The molecule has 4 heteroatoms. The van der Waals surface area contributed by atoms with Crippen molar-refractivity contribution >= 4 is 5.91 Å². The van der Waals surface area contributed by atoms with Gasteiger partial charge in [-0.05, 0) is 37.1 Å². The lowest BCUT2D eigenvalue weighted by atomic mass is 9.98. The second-order valence-corrected chi connectivity index (χ2v) is 5.05. The summed E-state index contributed by atoms with van der Waals surface area (Å²) in [5, 5.41) is 12.1. The average molecular weight is 257 g/mol. The maximum atomic E-state index is 12.3. The van der Waals surface area contributed by atoms with E-state index in [0.717, 1.165) is 31.5 Å². The van der Waals surface area contributed by atoms with Crippen LogP contribution in [0.5, 0.6) is 0 Å². The van der Waals surface area contributed by atoms with Crippen molar-refractivity contribution in [3.63, 3.8) is 0 Å². The van der Waals surface area contributed by atoms with Gasteiger partial charge in [0.1, 0.15) is 0 Å². The van der Waals surface area contributed by atoms with E-state index < -0.39 is 0 Å². The largest absolute Gasteiger partial charge is 0.341 e. The van der Waals surface area contributed by atoms with E-state index in [1.54, 1.807) is 11.0 Å². The van der Waals surface area contributed by atoms with Crippen LogP contribution in [-0.4, -0.2) is 30.9 Å². The molecule has 1 aromatic rings. The highest BCUT2D eigenvalue weighted by atomic mass is 16.2. The standard InChI is InChI=1S/C15H19N3O/c1-18(15(19)14-6-3-7-17-10-14)11-13-5-2-4-12(8-13)9-16/h2,4-5,8,14,17H,3,6-7,10-11H2,1H3/t14-/m0/s1. The summed E-state index contributed by atoms with van der Waals surface area (Å²) in [5.74, 6) is 0.285. The van der Waals surface area contributed by atoms with Crippen molar-refractivity contribution in [3.8, 4) is 6.07 Å². The predicted octanol–water partition coefficient (Wildman–Crippen LogP) is 1.52. The predicted molar refractivity (Wildman–Crippen MR) is 73.2 cm³/mol. The molecule has 0 spiro atoms. The Hall–Kier alpha value is -1.86. The molecule has 1 amide bonds. The highest BCUT2D eigenvalue weighted by molar-refractivity contribution is 5.78. The Labute approximate surface area is 114 Å². The van der Waals surface area contributed by atoms with Gasteiger partial charge in [0.15, 0.2) is 0 Å². The van der Waals surface area contributed by atoms with Crippen molar-refractivity contribution in [2.45, 2.75) is 19.4 Å². The normalized spacial score (nSPS) is 18.6. The second kappa shape index (κ2) is 6.35. The van der Waals surface area contributed by atoms with Crippen LogP contribution >= 0.6 is 0 Å². The van der Waals surface area contributed by atoms with Crippen LogP contribution in [0.4, 0.5) is 0 Å². The van der Waals surface area contributed by atoms with Crippen LogP contribution < -0.4 is 5.32 Å². The fourth-order valence-electron chi connectivity index (χ4n) is 2.47. The first-order chi connectivity index (χ1) is 9.20. The summed E-state index contributed by atoms with van der Waals surface area (Å²) in [4.78, 5) is 14.0. The Morgan fingerprint density at radius 2 is 2.42 bits per heavy atom. The lowest BCUT2D eigenvalue weighted by Gasteiger charge is -2.27. The van der Waals surface area contributed by atoms with Gasteiger partial charge in [-0.15, -0.1) is 0 Å². The third-order valence-corrected chi connectivity index (χ3v) is 3.50. The topological polar surface area (TPSA) is 56.1 Å². The average Bonchev–Trinajstić information content (AvgIpc) is 2.47.